The van der Waals surface area contributed by atoms with Crippen molar-refractivity contribution in [2.75, 3.05) is 12.3 Å². The smallest absolute Gasteiger partial charge is 0.248 e. The van der Waals surface area contributed by atoms with Crippen LogP contribution in [-0.4, -0.2) is 60.0 Å². The Morgan fingerprint density at radius 2 is 1.82 bits per heavy atom. The number of nitrogens with two attached hydrogens (primary N) is 1. The van der Waals surface area contributed by atoms with Crippen LogP contribution in [0.4, 0.5) is 5.82 Å². The summed E-state index contributed by atoms with van der Waals surface area (Å²) in [6, 6.07) is 4.21. The fourth-order valence-corrected chi connectivity index (χ4v) is 5.97. The summed E-state index contributed by atoms with van der Waals surface area (Å²) in [4.78, 5) is 36.4. The first-order chi connectivity index (χ1) is 16.5. The number of nitrogens with zero attached hydrogens (tertiary/aromatic N) is 5. The van der Waals surface area contributed by atoms with Gasteiger partial charge in [0.2, 0.25) is 5.91 Å². The fourth-order valence-electron chi connectivity index (χ4n) is 5.97. The summed E-state index contributed by atoms with van der Waals surface area (Å²) in [5, 5.41) is 13.8. The highest BCUT2D eigenvalue weighted by atomic mass is 16.3. The van der Waals surface area contributed by atoms with Crippen LogP contribution in [0.25, 0.3) is 16.8 Å². The first-order valence-corrected chi connectivity index (χ1v) is 12.0. The molecule has 2 bridgehead atoms. The Hall–Kier alpha value is -3.33. The van der Waals surface area contributed by atoms with E-state index in [2.05, 4.69) is 16.1 Å². The first kappa shape index (κ1) is 21.2. The molecule has 0 aromatic carbocycles. The molecule has 1 aliphatic carbocycles. The Kier molecular flexibility index (Phi) is 4.91. The third-order valence-corrected chi connectivity index (χ3v) is 7.70. The van der Waals surface area contributed by atoms with Gasteiger partial charge < -0.3 is 15.7 Å². The summed E-state index contributed by atoms with van der Waals surface area (Å²) in [5.41, 5.74) is 11.1. The molecule has 3 atom stereocenters. The molecule has 3 fully saturated rings. The van der Waals surface area contributed by atoms with Gasteiger partial charge in [0.25, 0.3) is 0 Å². The van der Waals surface area contributed by atoms with Gasteiger partial charge in [0.05, 0.1) is 17.5 Å². The van der Waals surface area contributed by atoms with Crippen molar-refractivity contribution >= 4 is 23.2 Å². The predicted octanol–water partition coefficient (Wildman–Crippen LogP) is 2.68. The lowest BCUT2D eigenvalue weighted by molar-refractivity contribution is -0.138. The minimum atomic E-state index is -0.472. The molecule has 9 heteroatoms. The highest BCUT2D eigenvalue weighted by Gasteiger charge is 2.44. The second kappa shape index (κ2) is 7.87. The van der Waals surface area contributed by atoms with Gasteiger partial charge in [0, 0.05) is 46.9 Å². The summed E-state index contributed by atoms with van der Waals surface area (Å²) in [6.45, 7) is 1.03. The number of nitrogen functional groups attached to an aromatic ring is 1. The number of aromatic nitrogens is 4. The molecule has 34 heavy (non-hydrogen) atoms. The summed E-state index contributed by atoms with van der Waals surface area (Å²) >= 11 is 0. The van der Waals surface area contributed by atoms with Gasteiger partial charge in [-0.15, -0.1) is 0 Å². The van der Waals surface area contributed by atoms with Crippen LogP contribution in [0.5, 0.6) is 0 Å². The van der Waals surface area contributed by atoms with Gasteiger partial charge in [0.1, 0.15) is 12.4 Å². The fraction of sp³-hybridized carbons (Fsp3) is 0.480. The topological polar surface area (TPSA) is 127 Å². The van der Waals surface area contributed by atoms with Crippen LogP contribution < -0.4 is 5.73 Å². The van der Waals surface area contributed by atoms with E-state index >= 15 is 0 Å². The van der Waals surface area contributed by atoms with E-state index in [1.807, 2.05) is 17.2 Å². The van der Waals surface area contributed by atoms with E-state index in [-0.39, 0.29) is 29.7 Å². The number of Topliss-reactive ketones (excluding diaryl/α,β-unsaturated/α-hetero) is 1. The van der Waals surface area contributed by atoms with E-state index in [1.54, 1.807) is 10.7 Å². The number of carbonyl (C=O) groups excluding carboxylic acids is 2. The van der Waals surface area contributed by atoms with Crippen molar-refractivity contribution in [3.8, 4) is 11.1 Å². The van der Waals surface area contributed by atoms with Crippen LogP contribution in [0.3, 0.4) is 0 Å². The summed E-state index contributed by atoms with van der Waals surface area (Å²) in [7, 11) is 0. The van der Waals surface area contributed by atoms with Gasteiger partial charge in [-0.2, -0.15) is 9.61 Å². The number of rotatable bonds is 5. The zero-order valence-electron chi connectivity index (χ0n) is 19.1. The normalized spacial score (nSPS) is 24.1. The molecule has 3 N–H and O–H groups in total. The van der Waals surface area contributed by atoms with Gasteiger partial charge in [-0.1, -0.05) is 6.07 Å². The largest absolute Gasteiger partial charge is 0.387 e. The van der Waals surface area contributed by atoms with Crippen molar-refractivity contribution in [3.05, 3.63) is 41.5 Å². The number of amides is 1. The van der Waals surface area contributed by atoms with Gasteiger partial charge in [0.15, 0.2) is 11.4 Å². The van der Waals surface area contributed by atoms with Gasteiger partial charge in [-0.25, -0.2) is 4.98 Å². The van der Waals surface area contributed by atoms with Crippen molar-refractivity contribution in [1.82, 2.24) is 24.5 Å². The monoisotopic (exact) mass is 460 g/mol. The quantitative estimate of drug-likeness (QED) is 0.561. The molecule has 176 valence electrons. The number of ketones is 1. The molecule has 9 nitrogen and oxygen atoms in total. The SMILES string of the molecule is CC(=O)c1c(C2C[C@H]3CC[C@@H](C2)N3C(=O)CO)nc2c(-c3ccc(C4CC4)nc3)cnn2c1N. The molecule has 3 aromatic rings. The number of aliphatic hydroxyl groups excluding tert-OH is 1. The Morgan fingerprint density at radius 1 is 1.09 bits per heavy atom. The molecule has 2 aliphatic heterocycles. The molecular formula is C25H28N6O3. The third kappa shape index (κ3) is 3.29. The minimum absolute atomic E-state index is 0.00422. The van der Waals surface area contributed by atoms with E-state index in [4.69, 9.17) is 10.7 Å². The Bertz CT molecular complexity index is 1280. The van der Waals surface area contributed by atoms with Crippen LogP contribution in [0.1, 0.15) is 79.0 Å². The number of carbonyl (C=O) groups is 2. The van der Waals surface area contributed by atoms with Crippen molar-refractivity contribution in [3.63, 3.8) is 0 Å². The van der Waals surface area contributed by atoms with E-state index in [9.17, 15) is 14.7 Å². The van der Waals surface area contributed by atoms with Crippen LogP contribution in [0.2, 0.25) is 0 Å². The van der Waals surface area contributed by atoms with E-state index in [0.717, 1.165) is 29.7 Å². The van der Waals surface area contributed by atoms with Crippen LogP contribution in [-0.2, 0) is 4.79 Å². The molecule has 0 spiro atoms. The Morgan fingerprint density at radius 3 is 2.41 bits per heavy atom. The molecule has 3 aromatic heterocycles. The molecule has 2 saturated heterocycles. The molecule has 1 saturated carbocycles. The molecule has 0 radical (unpaired) electrons. The number of hydrogen-bond donors (Lipinski definition) is 2. The minimum Gasteiger partial charge on any atom is -0.387 e. The van der Waals surface area contributed by atoms with Gasteiger partial charge >= 0.3 is 0 Å². The summed E-state index contributed by atoms with van der Waals surface area (Å²) < 4.78 is 1.55. The van der Waals surface area contributed by atoms with E-state index in [1.165, 1.54) is 19.8 Å². The van der Waals surface area contributed by atoms with Crippen LogP contribution >= 0.6 is 0 Å². The lowest BCUT2D eigenvalue weighted by Gasteiger charge is -2.39. The number of piperidine rings is 1. The number of hydrogen-bond acceptors (Lipinski definition) is 7. The highest BCUT2D eigenvalue weighted by molar-refractivity contribution is 6.00. The van der Waals surface area contributed by atoms with Crippen molar-refractivity contribution in [1.29, 1.82) is 0 Å². The number of anilines is 1. The van der Waals surface area contributed by atoms with Crippen molar-refractivity contribution in [2.45, 2.75) is 69.4 Å². The highest BCUT2D eigenvalue weighted by Crippen LogP contribution is 2.44. The summed E-state index contributed by atoms with van der Waals surface area (Å²) in [6.07, 6.45) is 9.19. The molecule has 3 aliphatic rings. The second-order valence-corrected chi connectivity index (χ2v) is 9.87. The molecule has 1 amide bonds. The molecule has 1 unspecified atom stereocenters. The van der Waals surface area contributed by atoms with Gasteiger partial charge in [-0.3, -0.25) is 14.6 Å². The van der Waals surface area contributed by atoms with Gasteiger partial charge in [-0.05, 0) is 51.5 Å². The number of fused-ring (bicyclic) bond motifs is 3. The average molecular weight is 461 g/mol. The number of pyridine rings is 1. The standard InChI is InChI=1S/C25H28N6O3/c1-13(33)22-23(16-8-17-5-6-18(9-16)30(17)21(34)12-32)29-25-19(11-28-31(25)24(22)26)15-4-7-20(27-10-15)14-2-3-14/h4,7,10-11,14,16-18,32H,2-3,5-6,8-9,12,26H2,1H3/t16?,17-,18+. The van der Waals surface area contributed by atoms with Crippen LogP contribution in [0, 0.1) is 0 Å². The molecule has 5 heterocycles. The van der Waals surface area contributed by atoms with Crippen molar-refractivity contribution in [2.24, 2.45) is 0 Å². The zero-order chi connectivity index (χ0) is 23.6. The average Bonchev–Trinajstić information content (AvgIpc) is 3.54. The lowest BCUT2D eigenvalue weighted by atomic mass is 9.85. The zero-order valence-corrected chi connectivity index (χ0v) is 19.1. The lowest BCUT2D eigenvalue weighted by Crippen LogP contribution is -2.47. The van der Waals surface area contributed by atoms with E-state index in [0.29, 0.717) is 41.5 Å². The maximum absolute atomic E-state index is 12.7. The Balaban J connectivity index is 1.42. The molecular weight excluding hydrogens is 432 g/mol. The predicted molar refractivity (Wildman–Crippen MR) is 125 cm³/mol. The third-order valence-electron chi connectivity index (χ3n) is 7.70. The summed E-state index contributed by atoms with van der Waals surface area (Å²) in [5.74, 6) is 0.513. The number of aliphatic hydroxyl groups is 1. The Labute approximate surface area is 197 Å². The first-order valence-electron chi connectivity index (χ1n) is 12.0. The van der Waals surface area contributed by atoms with E-state index < -0.39 is 6.61 Å². The maximum Gasteiger partial charge on any atom is 0.248 e. The van der Waals surface area contributed by atoms with Crippen LogP contribution in [0.15, 0.2) is 24.5 Å². The maximum atomic E-state index is 12.7. The molecule has 6 rings (SSSR count). The van der Waals surface area contributed by atoms with Crippen molar-refractivity contribution < 1.29 is 14.7 Å². The second-order valence-electron chi connectivity index (χ2n) is 9.87.